The number of hydrogen-bond acceptors (Lipinski definition) is 7. The number of halogens is 1. The Morgan fingerprint density at radius 2 is 1.88 bits per heavy atom. The molecule has 3 N–H and O–H groups in total. The Labute approximate surface area is 205 Å². The van der Waals surface area contributed by atoms with Crippen molar-refractivity contribution in [2.24, 2.45) is 0 Å². The molecular formula is C23H27BrN2O8. The standard InChI is InChI=1S/C23H27BrN2O8/c1-14(27)18-12-20(33-2)21(13-19(18)26(31)32)34-9-3-4-22(28)25-17(11-23(29)30)10-15-5-7-16(24)8-6-15/h5-8,12-14,17,27H,3-4,9-11H2,1-2H3,(H,25,28)(H,29,30)/t14?,17-/m0/s1. The SMILES string of the molecule is COc1cc(C(C)O)c([N+](=O)[O-])cc1OCCCC(=O)N[C@H](CC(=O)O)Cc1ccc(Br)cc1. The van der Waals surface area contributed by atoms with Gasteiger partial charge in [-0.3, -0.25) is 19.7 Å². The number of nitro groups is 1. The van der Waals surface area contributed by atoms with Gasteiger partial charge in [-0.1, -0.05) is 28.1 Å². The first kappa shape index (κ1) is 27.1. The number of aliphatic hydroxyl groups is 1. The fourth-order valence-corrected chi connectivity index (χ4v) is 3.60. The normalized spacial score (nSPS) is 12.5. The van der Waals surface area contributed by atoms with E-state index in [9.17, 15) is 24.8 Å². The number of ether oxygens (including phenoxy) is 2. The van der Waals surface area contributed by atoms with Crippen LogP contribution < -0.4 is 14.8 Å². The summed E-state index contributed by atoms with van der Waals surface area (Å²) in [7, 11) is 1.38. The molecule has 0 saturated heterocycles. The highest BCUT2D eigenvalue weighted by Crippen LogP contribution is 2.37. The Bertz CT molecular complexity index is 1010. The van der Waals surface area contributed by atoms with E-state index in [4.69, 9.17) is 14.6 Å². The van der Waals surface area contributed by atoms with Crippen LogP contribution in [-0.2, 0) is 16.0 Å². The number of aliphatic carboxylic acids is 1. The Morgan fingerprint density at radius 3 is 2.44 bits per heavy atom. The highest BCUT2D eigenvalue weighted by atomic mass is 79.9. The van der Waals surface area contributed by atoms with Gasteiger partial charge in [-0.15, -0.1) is 0 Å². The predicted octanol–water partition coefficient (Wildman–Crippen LogP) is 3.78. The third-order valence-corrected chi connectivity index (χ3v) is 5.48. The number of nitrogens with zero attached hydrogens (tertiary/aromatic N) is 1. The van der Waals surface area contributed by atoms with Gasteiger partial charge in [-0.05, 0) is 43.5 Å². The lowest BCUT2D eigenvalue weighted by molar-refractivity contribution is -0.386. The number of methoxy groups -OCH3 is 1. The second-order valence-corrected chi connectivity index (χ2v) is 8.56. The number of carboxylic acid groups (broad SMARTS) is 1. The first-order chi connectivity index (χ1) is 16.1. The summed E-state index contributed by atoms with van der Waals surface area (Å²) < 4.78 is 11.7. The maximum atomic E-state index is 12.4. The minimum Gasteiger partial charge on any atom is -0.493 e. The lowest BCUT2D eigenvalue weighted by atomic mass is 10.0. The lowest BCUT2D eigenvalue weighted by Gasteiger charge is -2.17. The Morgan fingerprint density at radius 1 is 1.21 bits per heavy atom. The van der Waals surface area contributed by atoms with Crippen LogP contribution in [0.1, 0.15) is 43.4 Å². The highest BCUT2D eigenvalue weighted by molar-refractivity contribution is 9.10. The molecule has 0 bridgehead atoms. The molecule has 34 heavy (non-hydrogen) atoms. The number of nitrogens with one attached hydrogen (secondary N) is 1. The Hall–Kier alpha value is -3.18. The molecular weight excluding hydrogens is 512 g/mol. The van der Waals surface area contributed by atoms with Crippen LogP contribution in [0, 0.1) is 10.1 Å². The van der Waals surface area contributed by atoms with E-state index in [1.807, 2.05) is 24.3 Å². The molecule has 0 spiro atoms. The summed E-state index contributed by atoms with van der Waals surface area (Å²) in [5.74, 6) is -0.991. The molecule has 1 unspecified atom stereocenters. The molecule has 2 rings (SSSR count). The topological polar surface area (TPSA) is 148 Å². The van der Waals surface area contributed by atoms with Crippen LogP contribution in [0.2, 0.25) is 0 Å². The van der Waals surface area contributed by atoms with Gasteiger partial charge < -0.3 is 25.0 Å². The van der Waals surface area contributed by atoms with Crippen molar-refractivity contribution in [3.63, 3.8) is 0 Å². The van der Waals surface area contributed by atoms with Gasteiger partial charge in [0, 0.05) is 16.9 Å². The molecule has 1 amide bonds. The molecule has 10 nitrogen and oxygen atoms in total. The van der Waals surface area contributed by atoms with Crippen LogP contribution in [0.25, 0.3) is 0 Å². The van der Waals surface area contributed by atoms with Gasteiger partial charge in [0.1, 0.15) is 0 Å². The summed E-state index contributed by atoms with van der Waals surface area (Å²) >= 11 is 3.35. The van der Waals surface area contributed by atoms with E-state index in [1.165, 1.54) is 26.2 Å². The average molecular weight is 539 g/mol. The number of rotatable bonds is 13. The summed E-state index contributed by atoms with van der Waals surface area (Å²) in [5.41, 5.74) is 0.698. The Balaban J connectivity index is 1.94. The van der Waals surface area contributed by atoms with E-state index >= 15 is 0 Å². The van der Waals surface area contributed by atoms with Gasteiger partial charge in [0.2, 0.25) is 5.91 Å². The monoisotopic (exact) mass is 538 g/mol. The molecule has 0 aliphatic rings. The maximum absolute atomic E-state index is 12.4. The summed E-state index contributed by atoms with van der Waals surface area (Å²) in [5, 5.41) is 33.0. The molecule has 2 aromatic rings. The number of hydrogen-bond donors (Lipinski definition) is 3. The van der Waals surface area contributed by atoms with E-state index in [-0.39, 0.29) is 48.1 Å². The van der Waals surface area contributed by atoms with E-state index < -0.39 is 23.0 Å². The van der Waals surface area contributed by atoms with Gasteiger partial charge in [-0.25, -0.2) is 0 Å². The molecule has 0 aromatic heterocycles. The lowest BCUT2D eigenvalue weighted by Crippen LogP contribution is -2.38. The summed E-state index contributed by atoms with van der Waals surface area (Å²) in [6, 6.07) is 9.37. The maximum Gasteiger partial charge on any atom is 0.305 e. The molecule has 184 valence electrons. The summed E-state index contributed by atoms with van der Waals surface area (Å²) in [6.45, 7) is 1.49. The zero-order chi connectivity index (χ0) is 25.3. The van der Waals surface area contributed by atoms with E-state index in [0.29, 0.717) is 12.8 Å². The van der Waals surface area contributed by atoms with E-state index in [1.54, 1.807) is 0 Å². The number of benzene rings is 2. The molecule has 0 saturated carbocycles. The summed E-state index contributed by atoms with van der Waals surface area (Å²) in [4.78, 5) is 34.3. The number of nitro benzene ring substituents is 1. The van der Waals surface area contributed by atoms with Gasteiger partial charge in [0.25, 0.3) is 5.69 Å². The van der Waals surface area contributed by atoms with Crippen LogP contribution in [0.15, 0.2) is 40.9 Å². The molecule has 0 aliphatic heterocycles. The van der Waals surface area contributed by atoms with Gasteiger partial charge in [0.05, 0.1) is 42.8 Å². The second-order valence-electron chi connectivity index (χ2n) is 7.64. The number of carbonyl (C=O) groups excluding carboxylic acids is 1. The number of carbonyl (C=O) groups is 2. The quantitative estimate of drug-likeness (QED) is 0.198. The number of carboxylic acids is 1. The van der Waals surface area contributed by atoms with Crippen molar-refractivity contribution in [1.82, 2.24) is 5.32 Å². The van der Waals surface area contributed by atoms with Crippen LogP contribution >= 0.6 is 15.9 Å². The highest BCUT2D eigenvalue weighted by Gasteiger charge is 2.23. The zero-order valence-electron chi connectivity index (χ0n) is 18.8. The minimum absolute atomic E-state index is 0.0747. The van der Waals surface area contributed by atoms with Crippen LogP contribution in [0.3, 0.4) is 0 Å². The molecule has 0 radical (unpaired) electrons. The number of amides is 1. The van der Waals surface area contributed by atoms with Gasteiger partial charge >= 0.3 is 5.97 Å². The fourth-order valence-electron chi connectivity index (χ4n) is 3.33. The first-order valence-corrected chi connectivity index (χ1v) is 11.3. The van der Waals surface area contributed by atoms with Crippen molar-refractivity contribution in [3.8, 4) is 11.5 Å². The van der Waals surface area contributed by atoms with Crippen molar-refractivity contribution in [2.75, 3.05) is 13.7 Å². The van der Waals surface area contributed by atoms with Gasteiger partial charge in [0.15, 0.2) is 11.5 Å². The predicted molar refractivity (Wildman–Crippen MR) is 127 cm³/mol. The van der Waals surface area contributed by atoms with Crippen molar-refractivity contribution < 1.29 is 34.2 Å². The molecule has 2 aromatic carbocycles. The van der Waals surface area contributed by atoms with Crippen molar-refractivity contribution in [1.29, 1.82) is 0 Å². The van der Waals surface area contributed by atoms with Crippen molar-refractivity contribution in [2.45, 2.75) is 44.8 Å². The molecule has 0 aliphatic carbocycles. The average Bonchev–Trinajstić information content (AvgIpc) is 2.77. The molecule has 0 heterocycles. The van der Waals surface area contributed by atoms with Crippen LogP contribution in [0.5, 0.6) is 11.5 Å². The first-order valence-electron chi connectivity index (χ1n) is 10.5. The van der Waals surface area contributed by atoms with E-state index in [0.717, 1.165) is 10.0 Å². The Kier molecular flexibility index (Phi) is 10.3. The van der Waals surface area contributed by atoms with Crippen molar-refractivity contribution >= 4 is 33.5 Å². The third kappa shape index (κ3) is 8.31. The molecule has 2 atom stereocenters. The van der Waals surface area contributed by atoms with Gasteiger partial charge in [-0.2, -0.15) is 0 Å². The number of aliphatic hydroxyl groups excluding tert-OH is 1. The molecule has 11 heteroatoms. The minimum atomic E-state index is -1.07. The second kappa shape index (κ2) is 12.9. The van der Waals surface area contributed by atoms with Crippen molar-refractivity contribution in [3.05, 3.63) is 62.1 Å². The summed E-state index contributed by atoms with van der Waals surface area (Å²) in [6.07, 6.45) is -0.540. The largest absolute Gasteiger partial charge is 0.493 e. The third-order valence-electron chi connectivity index (χ3n) is 4.95. The van der Waals surface area contributed by atoms with Crippen LogP contribution in [-0.4, -0.2) is 46.8 Å². The van der Waals surface area contributed by atoms with E-state index in [2.05, 4.69) is 21.2 Å². The zero-order valence-corrected chi connectivity index (χ0v) is 20.4. The molecule has 0 fully saturated rings. The smallest absolute Gasteiger partial charge is 0.305 e. The fraction of sp³-hybridized carbons (Fsp3) is 0.391. The van der Waals surface area contributed by atoms with Crippen LogP contribution in [0.4, 0.5) is 5.69 Å².